The number of hydrogen-bond acceptors (Lipinski definition) is 6. The Labute approximate surface area is 143 Å². The highest BCUT2D eigenvalue weighted by atomic mass is 16.3. The molecule has 0 radical (unpaired) electrons. The summed E-state index contributed by atoms with van der Waals surface area (Å²) >= 11 is 0. The number of aliphatic hydroxyl groups is 1. The highest BCUT2D eigenvalue weighted by molar-refractivity contribution is 6.69. The van der Waals surface area contributed by atoms with Crippen molar-refractivity contribution < 1.29 is 5.11 Å². The molecule has 0 bridgehead atoms. The Morgan fingerprint density at radius 2 is 1.79 bits per heavy atom. The average molecular weight is 330 g/mol. The lowest BCUT2D eigenvalue weighted by molar-refractivity contribution is 0.254. The van der Waals surface area contributed by atoms with Crippen LogP contribution in [0.4, 0.5) is 11.4 Å². The number of hydrogen-bond donors (Lipinski definition) is 2. The third kappa shape index (κ3) is 3.73. The van der Waals surface area contributed by atoms with E-state index in [1.165, 1.54) is 5.01 Å². The summed E-state index contributed by atoms with van der Waals surface area (Å²) in [5.41, 5.74) is 2.46. The van der Waals surface area contributed by atoms with E-state index >= 15 is 0 Å². The van der Waals surface area contributed by atoms with Gasteiger partial charge in [-0.05, 0) is 38.1 Å². The van der Waals surface area contributed by atoms with Crippen molar-refractivity contribution in [3.63, 3.8) is 0 Å². The zero-order chi connectivity index (χ0) is 17.7. The van der Waals surface area contributed by atoms with Crippen molar-refractivity contribution in [2.24, 2.45) is 10.1 Å². The van der Waals surface area contributed by atoms with Crippen molar-refractivity contribution >= 4 is 28.8 Å². The molecular weight excluding hydrogens is 304 g/mol. The zero-order valence-corrected chi connectivity index (χ0v) is 14.8. The van der Waals surface area contributed by atoms with Gasteiger partial charge in [-0.2, -0.15) is 5.10 Å². The maximum Gasteiger partial charge on any atom is 0.178 e. The fourth-order valence-corrected chi connectivity index (χ4v) is 2.56. The van der Waals surface area contributed by atoms with Crippen LogP contribution >= 0.6 is 0 Å². The molecule has 1 aromatic rings. The Kier molecular flexibility index (Phi) is 5.92. The summed E-state index contributed by atoms with van der Waals surface area (Å²) in [5.74, 6) is 0.835. The van der Waals surface area contributed by atoms with Gasteiger partial charge in [0.2, 0.25) is 0 Å². The van der Waals surface area contributed by atoms with Crippen LogP contribution in [0, 0.1) is 5.41 Å². The summed E-state index contributed by atoms with van der Waals surface area (Å²) in [6.45, 7) is 6.42. The molecule has 7 nitrogen and oxygen atoms in total. The second kappa shape index (κ2) is 7.92. The maximum absolute atomic E-state index is 9.11. The lowest BCUT2D eigenvalue weighted by Gasteiger charge is -2.20. The molecule has 7 heteroatoms. The summed E-state index contributed by atoms with van der Waals surface area (Å²) in [6, 6.07) is 8.00. The lowest BCUT2D eigenvalue weighted by Crippen LogP contribution is -2.33. The SMILES string of the molecule is CCN(CC)c1ccc(N=C2C(=N)N(CCO)N=C2N(C)C)cc1. The minimum absolute atomic E-state index is 0.0571. The fraction of sp³-hybridized carbons (Fsp3) is 0.471. The molecule has 2 N–H and O–H groups in total. The van der Waals surface area contributed by atoms with Crippen molar-refractivity contribution in [2.75, 3.05) is 45.2 Å². The van der Waals surface area contributed by atoms with Gasteiger partial charge in [-0.25, -0.2) is 10.0 Å². The van der Waals surface area contributed by atoms with Gasteiger partial charge < -0.3 is 14.9 Å². The van der Waals surface area contributed by atoms with Gasteiger partial charge in [0, 0.05) is 32.9 Å². The molecule has 1 aliphatic heterocycles. The molecule has 1 aromatic carbocycles. The largest absolute Gasteiger partial charge is 0.394 e. The molecule has 130 valence electrons. The van der Waals surface area contributed by atoms with E-state index in [1.54, 1.807) is 0 Å². The minimum atomic E-state index is -0.0571. The van der Waals surface area contributed by atoms with Crippen LogP contribution in [0.15, 0.2) is 34.4 Å². The van der Waals surface area contributed by atoms with Gasteiger partial charge >= 0.3 is 0 Å². The van der Waals surface area contributed by atoms with Crippen LogP contribution in [-0.2, 0) is 0 Å². The van der Waals surface area contributed by atoms with E-state index in [4.69, 9.17) is 10.5 Å². The van der Waals surface area contributed by atoms with Gasteiger partial charge in [-0.3, -0.25) is 5.41 Å². The number of rotatable bonds is 6. The van der Waals surface area contributed by atoms with E-state index < -0.39 is 0 Å². The number of amidine groups is 2. The molecule has 0 saturated heterocycles. The first-order chi connectivity index (χ1) is 11.5. The molecule has 0 aliphatic carbocycles. The summed E-state index contributed by atoms with van der Waals surface area (Å²) in [4.78, 5) is 8.70. The third-order valence-corrected chi connectivity index (χ3v) is 3.86. The van der Waals surface area contributed by atoms with Crippen molar-refractivity contribution in [1.82, 2.24) is 9.91 Å². The van der Waals surface area contributed by atoms with Crippen LogP contribution in [0.1, 0.15) is 13.8 Å². The van der Waals surface area contributed by atoms with Crippen molar-refractivity contribution in [1.29, 1.82) is 5.41 Å². The van der Waals surface area contributed by atoms with E-state index in [9.17, 15) is 0 Å². The Hall–Kier alpha value is -2.41. The van der Waals surface area contributed by atoms with Crippen molar-refractivity contribution in [3.8, 4) is 0 Å². The van der Waals surface area contributed by atoms with Gasteiger partial charge in [-0.1, -0.05) is 0 Å². The first kappa shape index (κ1) is 17.9. The van der Waals surface area contributed by atoms with Crippen LogP contribution in [-0.4, -0.2) is 72.7 Å². The fourth-order valence-electron chi connectivity index (χ4n) is 2.56. The van der Waals surface area contributed by atoms with E-state index in [1.807, 2.05) is 43.3 Å². The van der Waals surface area contributed by atoms with Crippen LogP contribution < -0.4 is 4.90 Å². The summed E-state index contributed by atoms with van der Waals surface area (Å²) < 4.78 is 0. The number of nitrogens with zero attached hydrogens (tertiary/aromatic N) is 5. The predicted octanol–water partition coefficient (Wildman–Crippen LogP) is 1.77. The number of aliphatic imine (C=N–C) groups is 1. The first-order valence-electron chi connectivity index (χ1n) is 8.19. The highest BCUT2D eigenvalue weighted by Crippen LogP contribution is 2.21. The molecule has 0 spiro atoms. The van der Waals surface area contributed by atoms with Crippen molar-refractivity contribution in [3.05, 3.63) is 24.3 Å². The Bertz CT molecular complexity index is 631. The van der Waals surface area contributed by atoms with Gasteiger partial charge in [-0.15, -0.1) is 0 Å². The van der Waals surface area contributed by atoms with Crippen LogP contribution in [0.2, 0.25) is 0 Å². The van der Waals surface area contributed by atoms with E-state index in [0.29, 0.717) is 11.5 Å². The van der Waals surface area contributed by atoms with E-state index in [2.05, 4.69) is 28.8 Å². The van der Waals surface area contributed by atoms with E-state index in [-0.39, 0.29) is 19.0 Å². The van der Waals surface area contributed by atoms with E-state index in [0.717, 1.165) is 24.5 Å². The standard InChI is InChI=1S/C17H26N6O/c1-5-22(6-2)14-9-7-13(8-10-14)19-15-16(18)23(11-12-24)20-17(15)21(3)4/h7-10,18,24H,5-6,11-12H2,1-4H3. The van der Waals surface area contributed by atoms with Crippen LogP contribution in [0.3, 0.4) is 0 Å². The van der Waals surface area contributed by atoms with Gasteiger partial charge in [0.1, 0.15) is 0 Å². The maximum atomic E-state index is 9.11. The molecule has 24 heavy (non-hydrogen) atoms. The summed E-state index contributed by atoms with van der Waals surface area (Å²) in [6.07, 6.45) is 0. The Morgan fingerprint density at radius 1 is 1.17 bits per heavy atom. The molecule has 1 heterocycles. The number of hydrazone groups is 1. The molecule has 2 rings (SSSR count). The van der Waals surface area contributed by atoms with Gasteiger partial charge in [0.25, 0.3) is 0 Å². The molecule has 0 amide bonds. The molecule has 1 aliphatic rings. The molecule has 0 unspecified atom stereocenters. The van der Waals surface area contributed by atoms with Crippen LogP contribution in [0.25, 0.3) is 0 Å². The second-order valence-electron chi connectivity index (χ2n) is 5.66. The molecular formula is C17H26N6O. The smallest absolute Gasteiger partial charge is 0.178 e. The number of anilines is 1. The number of β-amino-alcohol motifs (C(OH)–C–C–N with tert-alkyl or cyclic N) is 1. The Balaban J connectivity index is 2.29. The first-order valence-corrected chi connectivity index (χ1v) is 8.19. The number of aliphatic hydroxyl groups excluding tert-OH is 1. The van der Waals surface area contributed by atoms with Gasteiger partial charge in [0.15, 0.2) is 17.4 Å². The van der Waals surface area contributed by atoms with Gasteiger partial charge in [0.05, 0.1) is 18.8 Å². The highest BCUT2D eigenvalue weighted by Gasteiger charge is 2.29. The molecule has 0 fully saturated rings. The average Bonchev–Trinajstić information content (AvgIpc) is 2.88. The predicted molar refractivity (Wildman–Crippen MR) is 99.7 cm³/mol. The van der Waals surface area contributed by atoms with Crippen molar-refractivity contribution in [2.45, 2.75) is 13.8 Å². The lowest BCUT2D eigenvalue weighted by atomic mass is 10.2. The number of nitrogens with one attached hydrogen (secondary N) is 1. The third-order valence-electron chi connectivity index (χ3n) is 3.86. The Morgan fingerprint density at radius 3 is 2.29 bits per heavy atom. The molecule has 0 aromatic heterocycles. The number of benzene rings is 1. The molecule has 0 saturated carbocycles. The monoisotopic (exact) mass is 330 g/mol. The molecule has 0 atom stereocenters. The second-order valence-corrected chi connectivity index (χ2v) is 5.66. The summed E-state index contributed by atoms with van der Waals surface area (Å²) in [7, 11) is 3.74. The minimum Gasteiger partial charge on any atom is -0.394 e. The normalized spacial score (nSPS) is 15.9. The summed E-state index contributed by atoms with van der Waals surface area (Å²) in [5, 5.41) is 23.2. The zero-order valence-electron chi connectivity index (χ0n) is 14.8. The van der Waals surface area contributed by atoms with Crippen LogP contribution in [0.5, 0.6) is 0 Å². The topological polar surface area (TPSA) is 78.5 Å². The quantitative estimate of drug-likeness (QED) is 0.833.